The third-order valence-electron chi connectivity index (χ3n) is 4.41. The molecule has 1 heterocycles. The van der Waals surface area contributed by atoms with Crippen LogP contribution in [-0.4, -0.2) is 32.3 Å². The van der Waals surface area contributed by atoms with Gasteiger partial charge in [0.1, 0.15) is 0 Å². The average Bonchev–Trinajstić information content (AvgIpc) is 3.20. The Balaban J connectivity index is 1.81. The molecule has 138 valence electrons. The summed E-state index contributed by atoms with van der Waals surface area (Å²) in [6, 6.07) is 27.6. The predicted octanol–water partition coefficient (Wildman–Crippen LogP) is 5.57. The Bertz CT molecular complexity index is 1090. The number of anilines is 2. The van der Waals surface area contributed by atoms with Gasteiger partial charge in [-0.15, -0.1) is 0 Å². The molecule has 0 spiro atoms. The van der Waals surface area contributed by atoms with Gasteiger partial charge < -0.3 is 0 Å². The summed E-state index contributed by atoms with van der Waals surface area (Å²) in [5.41, 5.74) is 3.51. The van der Waals surface area contributed by atoms with Crippen molar-refractivity contribution in [3.8, 4) is 11.3 Å². The van der Waals surface area contributed by atoms with Crippen molar-refractivity contribution in [1.82, 2.24) is 4.98 Å². The Kier molecular flexibility index (Phi) is 5.58. The SMILES string of the molecule is CN(c1ccccc1)c1nc(-c2ccccc2)c(C(=O)c2ccc(Br)cc2)[se]1. The Morgan fingerprint density at radius 1 is 0.893 bits per heavy atom. The van der Waals surface area contributed by atoms with E-state index in [9.17, 15) is 4.79 Å². The molecule has 0 atom stereocenters. The van der Waals surface area contributed by atoms with Crippen molar-refractivity contribution in [1.29, 1.82) is 0 Å². The van der Waals surface area contributed by atoms with Crippen molar-refractivity contribution in [2.75, 3.05) is 11.9 Å². The van der Waals surface area contributed by atoms with E-state index in [1.54, 1.807) is 0 Å². The number of nitrogens with zero attached hydrogens (tertiary/aromatic N) is 2. The number of hydrogen-bond acceptors (Lipinski definition) is 3. The average molecular weight is 496 g/mol. The second-order valence-corrected chi connectivity index (χ2v) is 9.24. The first-order chi connectivity index (χ1) is 13.6. The molecule has 0 fully saturated rings. The summed E-state index contributed by atoms with van der Waals surface area (Å²) in [6.45, 7) is 0. The quantitative estimate of drug-likeness (QED) is 0.268. The van der Waals surface area contributed by atoms with E-state index in [-0.39, 0.29) is 20.3 Å². The van der Waals surface area contributed by atoms with Crippen LogP contribution in [0.25, 0.3) is 11.3 Å². The fourth-order valence-corrected chi connectivity index (χ4v) is 5.32. The zero-order valence-electron chi connectivity index (χ0n) is 15.2. The summed E-state index contributed by atoms with van der Waals surface area (Å²) < 4.78 is 2.68. The van der Waals surface area contributed by atoms with Gasteiger partial charge in [-0.05, 0) is 0 Å². The van der Waals surface area contributed by atoms with Gasteiger partial charge in [0.2, 0.25) is 0 Å². The van der Waals surface area contributed by atoms with E-state index >= 15 is 0 Å². The molecule has 4 rings (SSSR count). The molecule has 0 aliphatic heterocycles. The normalized spacial score (nSPS) is 10.6. The van der Waals surface area contributed by atoms with Crippen molar-refractivity contribution in [2.24, 2.45) is 0 Å². The van der Waals surface area contributed by atoms with Crippen molar-refractivity contribution in [2.45, 2.75) is 0 Å². The Labute approximate surface area is 178 Å². The van der Waals surface area contributed by atoms with E-state index in [0.29, 0.717) is 5.56 Å². The molecular formula is C23H17BrN2OSe. The van der Waals surface area contributed by atoms with E-state index in [4.69, 9.17) is 4.98 Å². The number of carbonyl (C=O) groups is 1. The number of ketones is 1. The van der Waals surface area contributed by atoms with Gasteiger partial charge in [0.15, 0.2) is 0 Å². The molecule has 1 aromatic heterocycles. The van der Waals surface area contributed by atoms with Crippen molar-refractivity contribution < 1.29 is 4.79 Å². The molecule has 5 heteroatoms. The van der Waals surface area contributed by atoms with Gasteiger partial charge in [-0.25, -0.2) is 0 Å². The van der Waals surface area contributed by atoms with Gasteiger partial charge in [0.05, 0.1) is 0 Å². The molecule has 0 aliphatic carbocycles. The molecule has 0 saturated carbocycles. The molecule has 3 aromatic carbocycles. The van der Waals surface area contributed by atoms with Crippen LogP contribution in [0.2, 0.25) is 0 Å². The molecule has 0 unspecified atom stereocenters. The van der Waals surface area contributed by atoms with Crippen LogP contribution in [0.4, 0.5) is 10.4 Å². The van der Waals surface area contributed by atoms with Gasteiger partial charge in [0.25, 0.3) is 0 Å². The fourth-order valence-electron chi connectivity index (χ4n) is 2.89. The van der Waals surface area contributed by atoms with Crippen LogP contribution in [0.5, 0.6) is 0 Å². The summed E-state index contributed by atoms with van der Waals surface area (Å²) >= 11 is 3.25. The van der Waals surface area contributed by atoms with Gasteiger partial charge in [-0.3, -0.25) is 0 Å². The standard InChI is InChI=1S/C23H17BrN2OSe/c1-26(19-10-6-3-7-11-19)23-25-20(16-8-4-2-5-9-16)22(28-23)21(27)17-12-14-18(24)15-13-17/h2-15H,1H3. The zero-order valence-corrected chi connectivity index (χ0v) is 18.5. The summed E-state index contributed by atoms with van der Waals surface area (Å²) in [6.07, 6.45) is 0. The Morgan fingerprint density at radius 3 is 2.14 bits per heavy atom. The molecule has 4 aromatic rings. The van der Waals surface area contributed by atoms with Crippen LogP contribution in [0.1, 0.15) is 14.8 Å². The van der Waals surface area contributed by atoms with E-state index < -0.39 is 0 Å². The summed E-state index contributed by atoms with van der Waals surface area (Å²) in [5.74, 6) is 0.0477. The maximum absolute atomic E-state index is 13.3. The van der Waals surface area contributed by atoms with Crippen molar-refractivity contribution in [3.63, 3.8) is 0 Å². The number of para-hydroxylation sites is 1. The first-order valence-corrected chi connectivity index (χ1v) is 11.3. The molecule has 28 heavy (non-hydrogen) atoms. The third-order valence-corrected chi connectivity index (χ3v) is 7.31. The van der Waals surface area contributed by atoms with Crippen LogP contribution < -0.4 is 4.90 Å². The monoisotopic (exact) mass is 496 g/mol. The topological polar surface area (TPSA) is 33.2 Å². The van der Waals surface area contributed by atoms with Crippen molar-refractivity contribution >= 4 is 46.6 Å². The number of rotatable bonds is 5. The first kappa shape index (κ1) is 18.9. The first-order valence-electron chi connectivity index (χ1n) is 8.79. The van der Waals surface area contributed by atoms with Gasteiger partial charge >= 0.3 is 179 Å². The fraction of sp³-hybridized carbons (Fsp3) is 0.0435. The van der Waals surface area contributed by atoms with Crippen LogP contribution in [0.3, 0.4) is 0 Å². The third kappa shape index (κ3) is 3.88. The van der Waals surface area contributed by atoms with Crippen LogP contribution in [-0.2, 0) is 0 Å². The number of benzene rings is 3. The minimum absolute atomic E-state index is 0.0477. The summed E-state index contributed by atoms with van der Waals surface area (Å²) in [5, 5.41) is 0. The number of carbonyl (C=O) groups excluding carboxylic acids is 1. The molecule has 0 N–H and O–H groups in total. The second kappa shape index (κ2) is 8.27. The van der Waals surface area contributed by atoms with E-state index in [0.717, 1.165) is 30.5 Å². The van der Waals surface area contributed by atoms with Crippen LogP contribution in [0, 0.1) is 0 Å². The molecule has 0 amide bonds. The second-order valence-electron chi connectivity index (χ2n) is 6.27. The van der Waals surface area contributed by atoms with Crippen molar-refractivity contribution in [3.05, 3.63) is 99.4 Å². The number of halogens is 1. The van der Waals surface area contributed by atoms with Gasteiger partial charge in [0, 0.05) is 0 Å². The Hall–Kier alpha value is -2.46. The number of aromatic nitrogens is 1. The molecule has 0 saturated heterocycles. The molecule has 3 nitrogen and oxygen atoms in total. The van der Waals surface area contributed by atoms with E-state index in [1.165, 1.54) is 0 Å². The molecule has 0 aliphatic rings. The molecular weight excluding hydrogens is 479 g/mol. The molecule has 0 radical (unpaired) electrons. The van der Waals surface area contributed by atoms with E-state index in [1.807, 2.05) is 79.8 Å². The summed E-state index contributed by atoms with van der Waals surface area (Å²) in [4.78, 5) is 20.3. The van der Waals surface area contributed by atoms with Crippen LogP contribution in [0.15, 0.2) is 89.4 Å². The van der Waals surface area contributed by atoms with Gasteiger partial charge in [-0.2, -0.15) is 0 Å². The molecule has 0 bridgehead atoms. The van der Waals surface area contributed by atoms with Gasteiger partial charge in [-0.1, -0.05) is 0 Å². The van der Waals surface area contributed by atoms with E-state index in [2.05, 4.69) is 33.0 Å². The number of hydrogen-bond donors (Lipinski definition) is 0. The zero-order chi connectivity index (χ0) is 19.5. The predicted molar refractivity (Wildman–Crippen MR) is 119 cm³/mol. The Morgan fingerprint density at radius 2 is 1.50 bits per heavy atom. The van der Waals surface area contributed by atoms with Crippen LogP contribution >= 0.6 is 15.9 Å². The summed E-state index contributed by atoms with van der Waals surface area (Å²) in [7, 11) is 2.01. The maximum atomic E-state index is 13.3. The minimum atomic E-state index is -0.181.